The van der Waals surface area contributed by atoms with Gasteiger partial charge in [0.05, 0.1) is 0 Å². The summed E-state index contributed by atoms with van der Waals surface area (Å²) in [6, 6.07) is 0. The second kappa shape index (κ2) is 31.7. The third-order valence-electron chi connectivity index (χ3n) is 7.38. The van der Waals surface area contributed by atoms with Gasteiger partial charge in [-0.1, -0.05) is 127 Å². The minimum absolute atomic E-state index is 0.0468. The van der Waals surface area contributed by atoms with Gasteiger partial charge in [-0.05, 0) is 70.6 Å². The van der Waals surface area contributed by atoms with E-state index in [1.54, 1.807) is 0 Å². The Kier molecular flexibility index (Phi) is 30.2. The van der Waals surface area contributed by atoms with Crippen molar-refractivity contribution < 1.29 is 19.4 Å². The Balaban J connectivity index is 3.87. The Hall–Kier alpha value is -1.84. The van der Waals surface area contributed by atoms with Gasteiger partial charge in [0.2, 0.25) is 0 Å². The number of rotatable bonds is 30. The SMILES string of the molecule is CC/C=C\C/C=C\C/C=C\CCCCCCCCCC(=O)OC(CCCCCCCCCC)CCCCC(=O)O. The molecule has 4 heteroatoms. The summed E-state index contributed by atoms with van der Waals surface area (Å²) in [7, 11) is 0. The summed E-state index contributed by atoms with van der Waals surface area (Å²) in [5, 5.41) is 8.89. The highest BCUT2D eigenvalue weighted by Crippen LogP contribution is 2.18. The zero-order chi connectivity index (χ0) is 29.4. The normalized spacial score (nSPS) is 12.7. The number of carbonyl (C=O) groups excluding carboxylic acids is 1. The highest BCUT2D eigenvalue weighted by molar-refractivity contribution is 5.69. The van der Waals surface area contributed by atoms with Crippen LogP contribution in [-0.2, 0) is 14.3 Å². The molecule has 0 aromatic carbocycles. The standard InChI is InChI=1S/C36H64O4/c1-3-5-7-9-11-13-14-15-16-17-18-19-20-21-23-25-27-33-36(39)40-34(31-28-29-32-35(37)38)30-26-24-22-12-10-8-6-4-2/h5,7,11,13,15-16,34H,3-4,6,8-10,12,14,17-33H2,1-2H3,(H,37,38)/b7-5-,13-11-,16-15-. The van der Waals surface area contributed by atoms with E-state index in [0.29, 0.717) is 12.8 Å². The molecule has 1 N–H and O–H groups in total. The van der Waals surface area contributed by atoms with Crippen LogP contribution in [0.25, 0.3) is 0 Å². The van der Waals surface area contributed by atoms with Gasteiger partial charge in [-0.2, -0.15) is 0 Å². The van der Waals surface area contributed by atoms with Crippen LogP contribution >= 0.6 is 0 Å². The first-order valence-electron chi connectivity index (χ1n) is 17.0. The molecule has 0 rings (SSSR count). The lowest BCUT2D eigenvalue weighted by Crippen LogP contribution is -2.18. The molecule has 0 aromatic heterocycles. The minimum Gasteiger partial charge on any atom is -0.481 e. The molecule has 0 heterocycles. The van der Waals surface area contributed by atoms with Crippen LogP contribution in [-0.4, -0.2) is 23.1 Å². The zero-order valence-corrected chi connectivity index (χ0v) is 26.4. The van der Waals surface area contributed by atoms with E-state index >= 15 is 0 Å². The number of aliphatic carboxylic acids is 1. The molecule has 0 saturated heterocycles. The van der Waals surface area contributed by atoms with Crippen molar-refractivity contribution in [2.75, 3.05) is 0 Å². The zero-order valence-electron chi connectivity index (χ0n) is 26.4. The van der Waals surface area contributed by atoms with Crippen LogP contribution in [0.3, 0.4) is 0 Å². The number of carboxylic acid groups (broad SMARTS) is 1. The Bertz CT molecular complexity index is 649. The van der Waals surface area contributed by atoms with Crippen molar-refractivity contribution >= 4 is 11.9 Å². The highest BCUT2D eigenvalue weighted by Gasteiger charge is 2.14. The molecular weight excluding hydrogens is 496 g/mol. The van der Waals surface area contributed by atoms with Gasteiger partial charge in [-0.15, -0.1) is 0 Å². The first kappa shape index (κ1) is 38.2. The van der Waals surface area contributed by atoms with Gasteiger partial charge >= 0.3 is 11.9 Å². The van der Waals surface area contributed by atoms with Crippen LogP contribution < -0.4 is 0 Å². The summed E-state index contributed by atoms with van der Waals surface area (Å²) in [4.78, 5) is 23.3. The molecule has 0 amide bonds. The van der Waals surface area contributed by atoms with Crippen LogP contribution in [0.15, 0.2) is 36.5 Å². The number of unbranched alkanes of at least 4 members (excludes halogenated alkanes) is 15. The number of ether oxygens (including phenoxy) is 1. The van der Waals surface area contributed by atoms with Gasteiger partial charge in [0.25, 0.3) is 0 Å². The Labute approximate surface area is 248 Å². The maximum absolute atomic E-state index is 12.5. The molecule has 0 saturated carbocycles. The molecule has 40 heavy (non-hydrogen) atoms. The minimum atomic E-state index is -0.747. The monoisotopic (exact) mass is 560 g/mol. The Morgan fingerprint density at radius 2 is 1.05 bits per heavy atom. The highest BCUT2D eigenvalue weighted by atomic mass is 16.5. The van der Waals surface area contributed by atoms with E-state index in [1.807, 2.05) is 0 Å². The van der Waals surface area contributed by atoms with Crippen LogP contribution in [0.5, 0.6) is 0 Å². The lowest BCUT2D eigenvalue weighted by molar-refractivity contribution is -0.150. The fraction of sp³-hybridized carbons (Fsp3) is 0.778. The summed E-state index contributed by atoms with van der Waals surface area (Å²) in [5.41, 5.74) is 0. The number of hydrogen-bond donors (Lipinski definition) is 1. The molecule has 0 aliphatic rings. The summed E-state index contributed by atoms with van der Waals surface area (Å²) in [6.07, 6.45) is 40.1. The number of allylic oxidation sites excluding steroid dienone is 6. The van der Waals surface area contributed by atoms with E-state index in [2.05, 4.69) is 50.3 Å². The number of esters is 1. The van der Waals surface area contributed by atoms with E-state index < -0.39 is 5.97 Å². The van der Waals surface area contributed by atoms with E-state index in [-0.39, 0.29) is 18.5 Å². The molecule has 0 bridgehead atoms. The molecular formula is C36H64O4. The number of carbonyl (C=O) groups is 2. The first-order chi connectivity index (χ1) is 19.6. The van der Waals surface area contributed by atoms with E-state index in [1.165, 1.54) is 83.5 Å². The van der Waals surface area contributed by atoms with E-state index in [4.69, 9.17) is 9.84 Å². The van der Waals surface area contributed by atoms with Crippen molar-refractivity contribution in [2.24, 2.45) is 0 Å². The molecule has 0 aliphatic heterocycles. The van der Waals surface area contributed by atoms with Crippen molar-refractivity contribution in [3.05, 3.63) is 36.5 Å². The molecule has 0 aromatic rings. The average molecular weight is 561 g/mol. The molecule has 1 atom stereocenters. The maximum Gasteiger partial charge on any atom is 0.306 e. The van der Waals surface area contributed by atoms with Crippen molar-refractivity contribution in [3.63, 3.8) is 0 Å². The molecule has 0 fully saturated rings. The molecule has 0 spiro atoms. The number of hydrogen-bond acceptors (Lipinski definition) is 3. The maximum atomic E-state index is 12.5. The summed E-state index contributed by atoms with van der Waals surface area (Å²) < 4.78 is 5.85. The lowest BCUT2D eigenvalue weighted by Gasteiger charge is -2.18. The van der Waals surface area contributed by atoms with Crippen LogP contribution in [0, 0.1) is 0 Å². The number of carboxylic acids is 1. The molecule has 4 nitrogen and oxygen atoms in total. The molecule has 0 radical (unpaired) electrons. The summed E-state index contributed by atoms with van der Waals surface area (Å²) in [5.74, 6) is -0.815. The fourth-order valence-corrected chi connectivity index (χ4v) is 4.90. The Morgan fingerprint density at radius 3 is 1.65 bits per heavy atom. The van der Waals surface area contributed by atoms with Crippen molar-refractivity contribution in [1.29, 1.82) is 0 Å². The fourth-order valence-electron chi connectivity index (χ4n) is 4.90. The predicted molar refractivity (Wildman–Crippen MR) is 172 cm³/mol. The van der Waals surface area contributed by atoms with Crippen molar-refractivity contribution in [3.8, 4) is 0 Å². The van der Waals surface area contributed by atoms with Crippen molar-refractivity contribution in [2.45, 2.75) is 180 Å². The van der Waals surface area contributed by atoms with Gasteiger partial charge in [-0.25, -0.2) is 0 Å². The predicted octanol–water partition coefficient (Wildman–Crippen LogP) is 11.4. The van der Waals surface area contributed by atoms with Gasteiger partial charge in [-0.3, -0.25) is 9.59 Å². The van der Waals surface area contributed by atoms with Gasteiger partial charge < -0.3 is 9.84 Å². The van der Waals surface area contributed by atoms with Crippen LogP contribution in [0.1, 0.15) is 174 Å². The molecule has 0 aliphatic carbocycles. The quantitative estimate of drug-likeness (QED) is 0.0539. The third-order valence-corrected chi connectivity index (χ3v) is 7.38. The topological polar surface area (TPSA) is 63.6 Å². The second-order valence-corrected chi connectivity index (χ2v) is 11.3. The average Bonchev–Trinajstić information content (AvgIpc) is 2.93. The van der Waals surface area contributed by atoms with E-state index in [9.17, 15) is 9.59 Å². The Morgan fingerprint density at radius 1 is 0.575 bits per heavy atom. The van der Waals surface area contributed by atoms with E-state index in [0.717, 1.165) is 57.8 Å². The lowest BCUT2D eigenvalue weighted by atomic mass is 10.0. The van der Waals surface area contributed by atoms with Crippen LogP contribution in [0.2, 0.25) is 0 Å². The van der Waals surface area contributed by atoms with Crippen LogP contribution in [0.4, 0.5) is 0 Å². The summed E-state index contributed by atoms with van der Waals surface area (Å²) >= 11 is 0. The van der Waals surface area contributed by atoms with Gasteiger partial charge in [0.15, 0.2) is 0 Å². The summed E-state index contributed by atoms with van der Waals surface area (Å²) in [6.45, 7) is 4.41. The van der Waals surface area contributed by atoms with Crippen molar-refractivity contribution in [1.82, 2.24) is 0 Å². The largest absolute Gasteiger partial charge is 0.481 e. The third kappa shape index (κ3) is 30.7. The smallest absolute Gasteiger partial charge is 0.306 e. The van der Waals surface area contributed by atoms with Gasteiger partial charge in [0.1, 0.15) is 6.10 Å². The first-order valence-corrected chi connectivity index (χ1v) is 17.0. The second-order valence-electron chi connectivity index (χ2n) is 11.3. The molecule has 232 valence electrons. The van der Waals surface area contributed by atoms with Gasteiger partial charge in [0, 0.05) is 12.8 Å². The molecule has 1 unspecified atom stereocenters.